The molecule has 0 bridgehead atoms. The monoisotopic (exact) mass is 337 g/mol. The van der Waals surface area contributed by atoms with Crippen LogP contribution in [0.1, 0.15) is 24.2 Å². The Bertz CT molecular complexity index is 881. The van der Waals surface area contributed by atoms with Crippen LogP contribution in [0.2, 0.25) is 0 Å². The van der Waals surface area contributed by atoms with Crippen LogP contribution in [0.4, 0.5) is 0 Å². The molecule has 0 saturated heterocycles. The van der Waals surface area contributed by atoms with Crippen LogP contribution in [0.5, 0.6) is 0 Å². The van der Waals surface area contributed by atoms with Gasteiger partial charge in [-0.25, -0.2) is 0 Å². The molecular formula is C20H19NO4. The van der Waals surface area contributed by atoms with Crippen molar-refractivity contribution in [2.45, 2.75) is 18.6 Å². The Morgan fingerprint density at radius 2 is 1.80 bits per heavy atom. The van der Waals surface area contributed by atoms with Crippen molar-refractivity contribution in [1.29, 1.82) is 0 Å². The lowest BCUT2D eigenvalue weighted by Gasteiger charge is -2.34. The molecule has 0 amide bonds. The molecule has 5 heteroatoms. The van der Waals surface area contributed by atoms with E-state index in [1.807, 2.05) is 30.3 Å². The summed E-state index contributed by atoms with van der Waals surface area (Å²) in [6.45, 7) is 0.665. The maximum absolute atomic E-state index is 11.6. The third-order valence-electron chi connectivity index (χ3n) is 4.22. The number of carbonyl (C=O) groups is 1. The van der Waals surface area contributed by atoms with Crippen molar-refractivity contribution in [3.8, 4) is 0 Å². The largest absolute Gasteiger partial charge is 0.454 e. The van der Waals surface area contributed by atoms with E-state index in [1.165, 1.54) is 6.92 Å². The number of carbonyl (C=O) groups excluding carboxylic acids is 1. The molecule has 3 rings (SSSR count). The van der Waals surface area contributed by atoms with Gasteiger partial charge in [-0.3, -0.25) is 9.78 Å². The Morgan fingerprint density at radius 1 is 1.12 bits per heavy atom. The van der Waals surface area contributed by atoms with Gasteiger partial charge in [-0.1, -0.05) is 36.4 Å². The van der Waals surface area contributed by atoms with Gasteiger partial charge < -0.3 is 14.9 Å². The van der Waals surface area contributed by atoms with Gasteiger partial charge >= 0.3 is 5.97 Å². The van der Waals surface area contributed by atoms with Crippen LogP contribution in [-0.4, -0.2) is 27.8 Å². The topological polar surface area (TPSA) is 79.7 Å². The molecule has 128 valence electrons. The summed E-state index contributed by atoms with van der Waals surface area (Å²) in [5.74, 6) is -0.547. The third-order valence-corrected chi connectivity index (χ3v) is 4.22. The van der Waals surface area contributed by atoms with Crippen molar-refractivity contribution in [3.63, 3.8) is 0 Å². The highest BCUT2D eigenvalue weighted by atomic mass is 16.6. The number of aliphatic hydroxyl groups excluding tert-OH is 1. The summed E-state index contributed by atoms with van der Waals surface area (Å²) >= 11 is 0. The molecule has 0 aliphatic carbocycles. The van der Waals surface area contributed by atoms with E-state index in [0.717, 1.165) is 10.8 Å². The quantitative estimate of drug-likeness (QED) is 0.700. The molecule has 0 saturated carbocycles. The standard InChI is InChI=1S/C20H19NO4/c1-14(23)25-19(16-8-10-21-11-9-16)20(24,13-22)18-7-6-15-4-2-3-5-17(15)12-18/h2-12,19,22,24H,13H2,1H3. The number of rotatable bonds is 5. The normalized spacial score (nSPS) is 14.7. The molecule has 0 radical (unpaired) electrons. The molecule has 0 aliphatic rings. The van der Waals surface area contributed by atoms with Crippen molar-refractivity contribution < 1.29 is 19.7 Å². The molecule has 2 aromatic carbocycles. The first kappa shape index (κ1) is 17.1. The Labute approximate surface area is 145 Å². The summed E-state index contributed by atoms with van der Waals surface area (Å²) in [5.41, 5.74) is -0.761. The second-order valence-electron chi connectivity index (χ2n) is 5.91. The summed E-state index contributed by atoms with van der Waals surface area (Å²) in [6, 6.07) is 16.4. The number of ether oxygens (including phenoxy) is 1. The first-order chi connectivity index (χ1) is 12.0. The molecule has 1 aromatic heterocycles. The maximum Gasteiger partial charge on any atom is 0.303 e. The Balaban J connectivity index is 2.12. The molecule has 0 fully saturated rings. The van der Waals surface area contributed by atoms with Gasteiger partial charge in [-0.2, -0.15) is 0 Å². The van der Waals surface area contributed by atoms with Crippen LogP contribution in [0.25, 0.3) is 10.8 Å². The predicted octanol–water partition coefficient (Wildman–Crippen LogP) is 2.72. The van der Waals surface area contributed by atoms with E-state index in [1.54, 1.807) is 36.7 Å². The first-order valence-electron chi connectivity index (χ1n) is 7.94. The Morgan fingerprint density at radius 3 is 2.44 bits per heavy atom. The Kier molecular flexibility index (Phi) is 4.79. The number of aromatic nitrogens is 1. The van der Waals surface area contributed by atoms with E-state index in [9.17, 15) is 15.0 Å². The molecule has 5 nitrogen and oxygen atoms in total. The fourth-order valence-corrected chi connectivity index (χ4v) is 2.93. The zero-order valence-electron chi connectivity index (χ0n) is 13.8. The van der Waals surface area contributed by atoms with Crippen LogP contribution in [-0.2, 0) is 15.1 Å². The van der Waals surface area contributed by atoms with E-state index < -0.39 is 24.3 Å². The van der Waals surface area contributed by atoms with Crippen LogP contribution >= 0.6 is 0 Å². The highest BCUT2D eigenvalue weighted by Gasteiger charge is 2.41. The molecule has 2 atom stereocenters. The molecule has 3 aromatic rings. The minimum atomic E-state index is -1.78. The number of nitrogens with zero attached hydrogens (tertiary/aromatic N) is 1. The van der Waals surface area contributed by atoms with E-state index in [-0.39, 0.29) is 0 Å². The minimum absolute atomic E-state index is 0.469. The maximum atomic E-state index is 11.6. The van der Waals surface area contributed by atoms with Crippen molar-refractivity contribution in [2.24, 2.45) is 0 Å². The summed E-state index contributed by atoms with van der Waals surface area (Å²) in [4.78, 5) is 15.5. The number of fused-ring (bicyclic) bond motifs is 1. The summed E-state index contributed by atoms with van der Waals surface area (Å²) in [7, 11) is 0. The van der Waals surface area contributed by atoms with E-state index in [2.05, 4.69) is 4.98 Å². The lowest BCUT2D eigenvalue weighted by molar-refractivity contribution is -0.172. The van der Waals surface area contributed by atoms with Gasteiger partial charge in [0.05, 0.1) is 6.61 Å². The lowest BCUT2D eigenvalue weighted by atomic mass is 9.84. The van der Waals surface area contributed by atoms with Gasteiger partial charge in [0.25, 0.3) is 0 Å². The molecular weight excluding hydrogens is 318 g/mol. The van der Waals surface area contributed by atoms with Gasteiger partial charge in [-0.15, -0.1) is 0 Å². The van der Waals surface area contributed by atoms with Gasteiger partial charge in [-0.05, 0) is 40.1 Å². The van der Waals surface area contributed by atoms with Crippen molar-refractivity contribution in [2.75, 3.05) is 6.61 Å². The average Bonchev–Trinajstić information content (AvgIpc) is 2.65. The summed E-state index contributed by atoms with van der Waals surface area (Å²) in [6.07, 6.45) is 2.03. The van der Waals surface area contributed by atoms with E-state index in [4.69, 9.17) is 4.74 Å². The molecule has 0 spiro atoms. The second-order valence-corrected chi connectivity index (χ2v) is 5.91. The van der Waals surface area contributed by atoms with Crippen LogP contribution < -0.4 is 0 Å². The third kappa shape index (κ3) is 3.38. The fourth-order valence-electron chi connectivity index (χ4n) is 2.93. The second kappa shape index (κ2) is 7.01. The number of benzene rings is 2. The average molecular weight is 337 g/mol. The van der Waals surface area contributed by atoms with Crippen LogP contribution in [0.3, 0.4) is 0 Å². The van der Waals surface area contributed by atoms with Gasteiger partial charge in [0.1, 0.15) is 0 Å². The summed E-state index contributed by atoms with van der Waals surface area (Å²) in [5, 5.41) is 23.2. The zero-order chi connectivity index (χ0) is 17.9. The number of hydrogen-bond acceptors (Lipinski definition) is 5. The van der Waals surface area contributed by atoms with Crippen molar-refractivity contribution in [3.05, 3.63) is 78.1 Å². The van der Waals surface area contributed by atoms with Gasteiger partial charge in [0, 0.05) is 19.3 Å². The van der Waals surface area contributed by atoms with Crippen molar-refractivity contribution >= 4 is 16.7 Å². The molecule has 2 N–H and O–H groups in total. The molecule has 1 heterocycles. The van der Waals surface area contributed by atoms with E-state index >= 15 is 0 Å². The zero-order valence-corrected chi connectivity index (χ0v) is 13.8. The number of hydrogen-bond donors (Lipinski definition) is 2. The van der Waals surface area contributed by atoms with Gasteiger partial charge in [0.2, 0.25) is 0 Å². The summed E-state index contributed by atoms with van der Waals surface area (Å²) < 4.78 is 5.38. The Hall–Kier alpha value is -2.76. The molecule has 0 aliphatic heterocycles. The fraction of sp³-hybridized carbons (Fsp3) is 0.200. The highest BCUT2D eigenvalue weighted by Crippen LogP contribution is 2.38. The number of aliphatic hydroxyl groups is 2. The molecule has 25 heavy (non-hydrogen) atoms. The molecule has 2 unspecified atom stereocenters. The number of pyridine rings is 1. The van der Waals surface area contributed by atoms with Crippen LogP contribution in [0.15, 0.2) is 67.0 Å². The smallest absolute Gasteiger partial charge is 0.303 e. The first-order valence-corrected chi connectivity index (χ1v) is 7.94. The number of esters is 1. The highest BCUT2D eigenvalue weighted by molar-refractivity contribution is 5.83. The van der Waals surface area contributed by atoms with E-state index in [0.29, 0.717) is 11.1 Å². The SMILES string of the molecule is CC(=O)OC(c1ccncc1)C(O)(CO)c1ccc2ccccc2c1. The van der Waals surface area contributed by atoms with Crippen LogP contribution in [0, 0.1) is 0 Å². The minimum Gasteiger partial charge on any atom is -0.454 e. The predicted molar refractivity (Wildman–Crippen MR) is 93.7 cm³/mol. The lowest BCUT2D eigenvalue weighted by Crippen LogP contribution is -2.39. The van der Waals surface area contributed by atoms with Crippen molar-refractivity contribution in [1.82, 2.24) is 4.98 Å². The van der Waals surface area contributed by atoms with Gasteiger partial charge in [0.15, 0.2) is 11.7 Å².